The first-order valence-corrected chi connectivity index (χ1v) is 9.71. The molecule has 1 aromatic rings. The molecule has 2 amide bonds. The molecule has 1 saturated heterocycles. The molecule has 0 spiro atoms. The van der Waals surface area contributed by atoms with Crippen molar-refractivity contribution in [2.24, 2.45) is 0 Å². The monoisotopic (exact) mass is 398 g/mol. The summed E-state index contributed by atoms with van der Waals surface area (Å²) in [4.78, 5) is 31.7. The fraction of sp³-hybridized carbons (Fsp3) is 0.667. The summed E-state index contributed by atoms with van der Waals surface area (Å²) in [7, 11) is 1.62. The van der Waals surface area contributed by atoms with Gasteiger partial charge in [0.1, 0.15) is 0 Å². The van der Waals surface area contributed by atoms with Gasteiger partial charge in [-0.15, -0.1) is 11.3 Å². The number of thiazole rings is 1. The van der Waals surface area contributed by atoms with Crippen molar-refractivity contribution >= 4 is 23.3 Å². The van der Waals surface area contributed by atoms with Crippen LogP contribution in [0.15, 0.2) is 5.38 Å². The van der Waals surface area contributed by atoms with Gasteiger partial charge in [0.25, 0.3) is 0 Å². The van der Waals surface area contributed by atoms with E-state index >= 15 is 0 Å². The number of hydrogen-bond donors (Lipinski definition) is 1. The molecule has 0 aliphatic carbocycles. The van der Waals surface area contributed by atoms with Crippen molar-refractivity contribution in [1.29, 1.82) is 0 Å². The van der Waals surface area contributed by atoms with Gasteiger partial charge in [-0.05, 0) is 6.42 Å². The van der Waals surface area contributed by atoms with E-state index in [4.69, 9.17) is 4.74 Å². The Bertz CT molecular complexity index is 602. The molecule has 8 nitrogen and oxygen atoms in total. The molecule has 2 heterocycles. The van der Waals surface area contributed by atoms with E-state index in [-0.39, 0.29) is 7.43 Å². The van der Waals surface area contributed by atoms with Crippen LogP contribution in [0.1, 0.15) is 36.9 Å². The SMILES string of the molecule is CC(C)c1nc(CN(C)C(=O)N[C@@H](CCN2CCOCC2)C(=O)[O-])cs1.[CH3+]. The minimum Gasteiger partial charge on any atom is -0.548 e. The van der Waals surface area contributed by atoms with E-state index in [0.717, 1.165) is 23.8 Å². The van der Waals surface area contributed by atoms with E-state index in [1.165, 1.54) is 4.90 Å². The number of carboxylic acid groups (broad SMARTS) is 1. The Labute approximate surface area is 165 Å². The van der Waals surface area contributed by atoms with Crippen LogP contribution in [0.25, 0.3) is 0 Å². The number of ether oxygens (including phenoxy) is 1. The largest absolute Gasteiger partial charge is 0.548 e. The summed E-state index contributed by atoms with van der Waals surface area (Å²) < 4.78 is 5.27. The average molecular weight is 399 g/mol. The summed E-state index contributed by atoms with van der Waals surface area (Å²) in [6.45, 7) is 7.89. The molecule has 0 bridgehead atoms. The van der Waals surface area contributed by atoms with Crippen LogP contribution in [-0.4, -0.2) is 72.7 Å². The van der Waals surface area contributed by atoms with Gasteiger partial charge in [0.2, 0.25) is 0 Å². The van der Waals surface area contributed by atoms with Gasteiger partial charge in [-0.3, -0.25) is 4.90 Å². The lowest BCUT2D eigenvalue weighted by atomic mass is 10.2. The second kappa shape index (κ2) is 11.1. The molecule has 152 valence electrons. The van der Waals surface area contributed by atoms with Gasteiger partial charge >= 0.3 is 6.03 Å². The molecular weight excluding hydrogens is 368 g/mol. The lowest BCUT2D eigenvalue weighted by Crippen LogP contribution is -2.52. The van der Waals surface area contributed by atoms with Crippen LogP contribution >= 0.6 is 11.3 Å². The number of aliphatic carboxylic acids is 1. The minimum atomic E-state index is -1.27. The lowest BCUT2D eigenvalue weighted by molar-refractivity contribution is -0.308. The summed E-state index contributed by atoms with van der Waals surface area (Å²) in [5.41, 5.74) is 0.801. The molecule has 0 radical (unpaired) electrons. The fourth-order valence-corrected chi connectivity index (χ4v) is 3.45. The van der Waals surface area contributed by atoms with E-state index in [2.05, 4.69) is 29.0 Å². The van der Waals surface area contributed by atoms with Crippen molar-refractivity contribution in [2.45, 2.75) is 38.8 Å². The van der Waals surface area contributed by atoms with E-state index in [0.29, 0.717) is 38.6 Å². The molecule has 1 N–H and O–H groups in total. The standard InChI is InChI=1S/C17H28N4O4S.CH3/c1-12(2)15-18-13(11-26-15)10-20(3)17(24)19-14(16(22)23)4-5-21-6-8-25-9-7-21;/h11-12,14H,4-10H2,1-3H3,(H,19,24)(H,22,23);1H3/q;+1/p-1/t14-;/m0./s1. The molecule has 0 unspecified atom stereocenters. The number of morpholine rings is 1. The molecule has 1 aromatic heterocycles. The summed E-state index contributed by atoms with van der Waals surface area (Å²) in [6, 6.07) is -1.46. The van der Waals surface area contributed by atoms with Gasteiger partial charge in [0.05, 0.1) is 42.5 Å². The molecule has 1 atom stereocenters. The first kappa shape index (κ1) is 23.2. The van der Waals surface area contributed by atoms with Crippen molar-refractivity contribution in [3.8, 4) is 0 Å². The number of hydrogen-bond acceptors (Lipinski definition) is 7. The summed E-state index contributed by atoms with van der Waals surface area (Å²) in [5.74, 6) is -0.925. The highest BCUT2D eigenvalue weighted by molar-refractivity contribution is 7.09. The van der Waals surface area contributed by atoms with Crippen molar-refractivity contribution in [1.82, 2.24) is 20.1 Å². The first-order valence-electron chi connectivity index (χ1n) is 8.83. The molecule has 1 fully saturated rings. The maximum absolute atomic E-state index is 12.3. The number of carbonyl (C=O) groups excluding carboxylic acids is 2. The van der Waals surface area contributed by atoms with Crippen LogP contribution in [0.4, 0.5) is 4.79 Å². The second-order valence-corrected chi connectivity index (χ2v) is 7.64. The second-order valence-electron chi connectivity index (χ2n) is 6.75. The highest BCUT2D eigenvalue weighted by Crippen LogP contribution is 2.19. The highest BCUT2D eigenvalue weighted by Gasteiger charge is 2.19. The predicted octanol–water partition coefficient (Wildman–Crippen LogP) is 0.699. The van der Waals surface area contributed by atoms with E-state index in [9.17, 15) is 14.7 Å². The zero-order valence-electron chi connectivity index (χ0n) is 16.6. The number of rotatable bonds is 8. The molecule has 0 aromatic carbocycles. The Morgan fingerprint density at radius 2 is 2.07 bits per heavy atom. The smallest absolute Gasteiger partial charge is 0.318 e. The van der Waals surface area contributed by atoms with Crippen LogP contribution in [0.2, 0.25) is 0 Å². The van der Waals surface area contributed by atoms with Crippen LogP contribution in [0.5, 0.6) is 0 Å². The Morgan fingerprint density at radius 3 is 2.63 bits per heavy atom. The number of nitrogens with one attached hydrogen (secondary N) is 1. The Hall–Kier alpha value is -1.84. The molecule has 1 aliphatic heterocycles. The molecule has 1 aliphatic rings. The Kier molecular flexibility index (Phi) is 9.54. The zero-order valence-corrected chi connectivity index (χ0v) is 17.4. The summed E-state index contributed by atoms with van der Waals surface area (Å²) in [5, 5.41) is 16.9. The van der Waals surface area contributed by atoms with Crippen LogP contribution < -0.4 is 10.4 Å². The van der Waals surface area contributed by atoms with E-state index in [1.807, 2.05) is 5.38 Å². The number of carboxylic acids is 1. The number of urea groups is 1. The molecule has 27 heavy (non-hydrogen) atoms. The molecule has 9 heteroatoms. The first-order chi connectivity index (χ1) is 12.4. The normalized spacial score (nSPS) is 15.9. The summed E-state index contributed by atoms with van der Waals surface area (Å²) >= 11 is 1.56. The average Bonchev–Trinajstić information content (AvgIpc) is 3.07. The van der Waals surface area contributed by atoms with Gasteiger partial charge in [-0.25, -0.2) is 9.78 Å². The van der Waals surface area contributed by atoms with Gasteiger partial charge in [-0.1, -0.05) is 13.8 Å². The number of nitrogens with zero attached hydrogens (tertiary/aromatic N) is 3. The summed E-state index contributed by atoms with van der Waals surface area (Å²) in [6.07, 6.45) is 0.302. The van der Waals surface area contributed by atoms with Crippen molar-refractivity contribution in [3.05, 3.63) is 23.5 Å². The van der Waals surface area contributed by atoms with E-state index in [1.54, 1.807) is 18.4 Å². The van der Waals surface area contributed by atoms with Crippen LogP contribution in [0.3, 0.4) is 0 Å². The van der Waals surface area contributed by atoms with Crippen molar-refractivity contribution in [2.75, 3.05) is 39.9 Å². The maximum Gasteiger partial charge on any atom is 0.318 e. The number of amides is 2. The number of carbonyl (C=O) groups is 2. The quantitative estimate of drug-likeness (QED) is 0.648. The third-order valence-electron chi connectivity index (χ3n) is 4.23. The highest BCUT2D eigenvalue weighted by atomic mass is 32.1. The molecule has 0 saturated carbocycles. The van der Waals surface area contributed by atoms with E-state index < -0.39 is 18.0 Å². The van der Waals surface area contributed by atoms with Crippen molar-refractivity contribution in [3.63, 3.8) is 0 Å². The van der Waals surface area contributed by atoms with Gasteiger partial charge in [-0.2, -0.15) is 0 Å². The van der Waals surface area contributed by atoms with Gasteiger partial charge in [0, 0.05) is 45.4 Å². The maximum atomic E-state index is 12.3. The third kappa shape index (κ3) is 7.36. The molecular formula is C18H30N4O4S. The Balaban J connectivity index is 0.00000364. The Morgan fingerprint density at radius 1 is 1.41 bits per heavy atom. The fourth-order valence-electron chi connectivity index (χ4n) is 2.62. The van der Waals surface area contributed by atoms with Crippen LogP contribution in [0, 0.1) is 7.43 Å². The topological polar surface area (TPSA) is 97.8 Å². The van der Waals surface area contributed by atoms with Gasteiger partial charge < -0.3 is 24.9 Å². The zero-order chi connectivity index (χ0) is 19.1. The predicted molar refractivity (Wildman–Crippen MR) is 103 cm³/mol. The minimum absolute atomic E-state index is 0. The third-order valence-corrected chi connectivity index (χ3v) is 5.42. The van der Waals surface area contributed by atoms with Gasteiger partial charge in [0.15, 0.2) is 0 Å². The lowest BCUT2D eigenvalue weighted by Gasteiger charge is -2.29. The van der Waals surface area contributed by atoms with Crippen molar-refractivity contribution < 1.29 is 19.4 Å². The van der Waals surface area contributed by atoms with Crippen LogP contribution in [-0.2, 0) is 16.1 Å². The molecule has 2 rings (SSSR count). The number of aromatic nitrogens is 1.